The van der Waals surface area contributed by atoms with Crippen molar-refractivity contribution in [3.05, 3.63) is 70.5 Å². The number of aromatic nitrogens is 2. The number of nitrogens with one attached hydrogen (secondary N) is 1. The fourth-order valence-electron chi connectivity index (χ4n) is 3.45. The molecule has 0 bridgehead atoms. The second-order valence-corrected chi connectivity index (χ2v) is 7.67. The first kappa shape index (κ1) is 19.2. The summed E-state index contributed by atoms with van der Waals surface area (Å²) in [5, 5.41) is 0.825. The Morgan fingerprint density at radius 2 is 1.86 bits per heavy atom. The molecule has 2 amide bonds. The summed E-state index contributed by atoms with van der Waals surface area (Å²) in [4.78, 5) is 44.2. The first-order valence-electron chi connectivity index (χ1n) is 9.25. The molecule has 29 heavy (non-hydrogen) atoms. The summed E-state index contributed by atoms with van der Waals surface area (Å²) < 4.78 is 1.18. The minimum absolute atomic E-state index is 0.0666. The van der Waals surface area contributed by atoms with Crippen molar-refractivity contribution in [2.75, 3.05) is 18.2 Å². The van der Waals surface area contributed by atoms with Gasteiger partial charge < -0.3 is 4.90 Å². The predicted octanol–water partition coefficient (Wildman–Crippen LogP) is 2.24. The predicted molar refractivity (Wildman–Crippen MR) is 112 cm³/mol. The Hall–Kier alpha value is -3.13. The summed E-state index contributed by atoms with van der Waals surface area (Å²) >= 11 is 1.27. The largest absolute Gasteiger partial charge is 0.338 e. The Bertz CT molecular complexity index is 1130. The Labute approximate surface area is 171 Å². The van der Waals surface area contributed by atoms with Gasteiger partial charge in [0.05, 0.1) is 16.8 Å². The standard InChI is InChI=1S/C21H20N4O3S/c1-29-21-22-17-10-6-5-9-16(17)20(28)25(21)23-19(27)15-11-18(26)24(13-15)12-14-7-3-2-4-8-14/h2-10,15H,11-13H2,1H3,(H,23,27). The smallest absolute Gasteiger partial charge is 0.281 e. The molecule has 0 aliphatic carbocycles. The summed E-state index contributed by atoms with van der Waals surface area (Å²) in [6, 6.07) is 16.7. The normalized spacial score (nSPS) is 16.4. The molecule has 1 aromatic heterocycles. The summed E-state index contributed by atoms with van der Waals surface area (Å²) in [6.45, 7) is 0.793. The maximum Gasteiger partial charge on any atom is 0.281 e. The number of rotatable bonds is 5. The van der Waals surface area contributed by atoms with E-state index in [1.165, 1.54) is 16.4 Å². The van der Waals surface area contributed by atoms with E-state index >= 15 is 0 Å². The molecule has 1 aliphatic rings. The van der Waals surface area contributed by atoms with Gasteiger partial charge in [0.2, 0.25) is 11.8 Å². The molecule has 1 atom stereocenters. The van der Waals surface area contributed by atoms with Crippen molar-refractivity contribution in [3.8, 4) is 0 Å². The van der Waals surface area contributed by atoms with Crippen LogP contribution in [-0.2, 0) is 16.1 Å². The molecule has 7 nitrogen and oxygen atoms in total. The van der Waals surface area contributed by atoms with Crippen molar-refractivity contribution in [2.45, 2.75) is 18.1 Å². The van der Waals surface area contributed by atoms with Crippen molar-refractivity contribution in [2.24, 2.45) is 5.92 Å². The number of nitrogens with zero attached hydrogens (tertiary/aromatic N) is 3. The highest BCUT2D eigenvalue weighted by atomic mass is 32.2. The average Bonchev–Trinajstić information content (AvgIpc) is 3.11. The maximum absolute atomic E-state index is 12.8. The lowest BCUT2D eigenvalue weighted by molar-refractivity contribution is -0.128. The molecule has 0 saturated carbocycles. The number of likely N-dealkylation sites (tertiary alicyclic amines) is 1. The van der Waals surface area contributed by atoms with Gasteiger partial charge in [-0.15, -0.1) is 0 Å². The zero-order valence-electron chi connectivity index (χ0n) is 15.9. The van der Waals surface area contributed by atoms with Gasteiger partial charge in [0.15, 0.2) is 5.16 Å². The van der Waals surface area contributed by atoms with Crippen LogP contribution in [0.15, 0.2) is 64.5 Å². The van der Waals surface area contributed by atoms with E-state index in [4.69, 9.17) is 0 Å². The Morgan fingerprint density at radius 3 is 2.62 bits per heavy atom. The van der Waals surface area contributed by atoms with Crippen LogP contribution in [0.2, 0.25) is 0 Å². The van der Waals surface area contributed by atoms with Crippen molar-refractivity contribution in [1.82, 2.24) is 14.6 Å². The van der Waals surface area contributed by atoms with Crippen molar-refractivity contribution in [3.63, 3.8) is 0 Å². The van der Waals surface area contributed by atoms with Crippen LogP contribution in [0.25, 0.3) is 10.9 Å². The molecule has 0 radical (unpaired) electrons. The number of hydrogen-bond donors (Lipinski definition) is 1. The van der Waals surface area contributed by atoms with E-state index in [0.717, 1.165) is 5.56 Å². The van der Waals surface area contributed by atoms with Gasteiger partial charge in [0.25, 0.3) is 5.56 Å². The third-order valence-electron chi connectivity index (χ3n) is 4.95. The molecular weight excluding hydrogens is 388 g/mol. The number of carbonyl (C=O) groups is 2. The SMILES string of the molecule is CSc1nc2ccccc2c(=O)n1NC(=O)C1CC(=O)N(Cc2ccccc2)C1. The summed E-state index contributed by atoms with van der Waals surface area (Å²) in [7, 11) is 0. The summed E-state index contributed by atoms with van der Waals surface area (Å²) in [6.07, 6.45) is 1.92. The fraction of sp³-hybridized carbons (Fsp3) is 0.238. The summed E-state index contributed by atoms with van der Waals surface area (Å²) in [5.41, 5.74) is 3.93. The van der Waals surface area contributed by atoms with Gasteiger partial charge >= 0.3 is 0 Å². The molecular formula is C21H20N4O3S. The molecule has 1 fully saturated rings. The lowest BCUT2D eigenvalue weighted by atomic mass is 10.1. The van der Waals surface area contributed by atoms with Crippen LogP contribution in [0.1, 0.15) is 12.0 Å². The van der Waals surface area contributed by atoms with Crippen molar-refractivity contribution >= 4 is 34.5 Å². The fourth-order valence-corrected chi connectivity index (χ4v) is 3.95. The number of para-hydroxylation sites is 1. The van der Waals surface area contributed by atoms with E-state index in [1.54, 1.807) is 29.4 Å². The number of carbonyl (C=O) groups excluding carboxylic acids is 2. The molecule has 4 rings (SSSR count). The molecule has 148 valence electrons. The second kappa shape index (κ2) is 8.08. The molecule has 2 aromatic carbocycles. The highest BCUT2D eigenvalue weighted by molar-refractivity contribution is 7.98. The molecule has 1 aliphatic heterocycles. The molecule has 1 saturated heterocycles. The monoisotopic (exact) mass is 408 g/mol. The summed E-state index contributed by atoms with van der Waals surface area (Å²) in [5.74, 6) is -0.939. The van der Waals surface area contributed by atoms with Crippen LogP contribution in [0.3, 0.4) is 0 Å². The highest BCUT2D eigenvalue weighted by Crippen LogP contribution is 2.21. The number of benzene rings is 2. The minimum atomic E-state index is -0.515. The van der Waals surface area contributed by atoms with E-state index in [0.29, 0.717) is 29.1 Å². The number of thioether (sulfide) groups is 1. The third kappa shape index (κ3) is 3.88. The lowest BCUT2D eigenvalue weighted by Crippen LogP contribution is -2.38. The van der Waals surface area contributed by atoms with Gasteiger partial charge in [0.1, 0.15) is 0 Å². The van der Waals surface area contributed by atoms with Gasteiger partial charge in [-0.05, 0) is 24.0 Å². The molecule has 2 heterocycles. The second-order valence-electron chi connectivity index (χ2n) is 6.89. The van der Waals surface area contributed by atoms with E-state index in [1.807, 2.05) is 36.4 Å². The minimum Gasteiger partial charge on any atom is -0.338 e. The average molecular weight is 408 g/mol. The van der Waals surface area contributed by atoms with Gasteiger partial charge in [0, 0.05) is 19.5 Å². The van der Waals surface area contributed by atoms with E-state index in [2.05, 4.69) is 10.4 Å². The lowest BCUT2D eigenvalue weighted by Gasteiger charge is -2.17. The Kier molecular flexibility index (Phi) is 5.35. The molecule has 1 N–H and O–H groups in total. The van der Waals surface area contributed by atoms with Crippen LogP contribution in [0, 0.1) is 5.92 Å². The first-order valence-corrected chi connectivity index (χ1v) is 10.5. The van der Waals surface area contributed by atoms with E-state index < -0.39 is 5.92 Å². The van der Waals surface area contributed by atoms with Gasteiger partial charge in [-0.1, -0.05) is 54.2 Å². The van der Waals surface area contributed by atoms with Gasteiger partial charge in [-0.2, -0.15) is 4.68 Å². The first-order chi connectivity index (χ1) is 14.1. The molecule has 3 aromatic rings. The number of amides is 2. The van der Waals surface area contributed by atoms with Crippen molar-refractivity contribution < 1.29 is 9.59 Å². The quantitative estimate of drug-likeness (QED) is 0.517. The van der Waals surface area contributed by atoms with Gasteiger partial charge in [-0.3, -0.25) is 19.8 Å². The van der Waals surface area contributed by atoms with E-state index in [-0.39, 0.29) is 23.8 Å². The van der Waals surface area contributed by atoms with Crippen LogP contribution in [0.5, 0.6) is 0 Å². The highest BCUT2D eigenvalue weighted by Gasteiger charge is 2.34. The van der Waals surface area contributed by atoms with Crippen LogP contribution in [0.4, 0.5) is 0 Å². The van der Waals surface area contributed by atoms with E-state index in [9.17, 15) is 14.4 Å². The number of fused-ring (bicyclic) bond motifs is 1. The van der Waals surface area contributed by atoms with Crippen LogP contribution >= 0.6 is 11.8 Å². The third-order valence-corrected chi connectivity index (χ3v) is 5.59. The zero-order valence-corrected chi connectivity index (χ0v) is 16.7. The number of hydrogen-bond acceptors (Lipinski definition) is 5. The Balaban J connectivity index is 1.53. The maximum atomic E-state index is 12.8. The molecule has 8 heteroatoms. The Morgan fingerprint density at radius 1 is 1.14 bits per heavy atom. The zero-order chi connectivity index (χ0) is 20.4. The van der Waals surface area contributed by atoms with Crippen molar-refractivity contribution in [1.29, 1.82) is 0 Å². The molecule has 1 unspecified atom stereocenters. The van der Waals surface area contributed by atoms with Gasteiger partial charge in [-0.25, -0.2) is 4.98 Å². The molecule has 0 spiro atoms. The van der Waals surface area contributed by atoms with Crippen LogP contribution in [-0.4, -0.2) is 39.2 Å². The van der Waals surface area contributed by atoms with Crippen LogP contribution < -0.4 is 11.0 Å². The topological polar surface area (TPSA) is 84.3 Å².